The number of hydrogen-bond donors (Lipinski definition) is 4. The van der Waals surface area contributed by atoms with E-state index >= 15 is 0 Å². The highest BCUT2D eigenvalue weighted by Gasteiger charge is 2.45. The van der Waals surface area contributed by atoms with Gasteiger partial charge in [-0.25, -0.2) is 4.79 Å². The molecule has 2 atom stereocenters. The summed E-state index contributed by atoms with van der Waals surface area (Å²) in [4.78, 5) is 21.2. The number of primary amides is 1. The zero-order chi connectivity index (χ0) is 10.8. The lowest BCUT2D eigenvalue weighted by Gasteiger charge is -2.30. The topological polar surface area (TPSA) is 122 Å². The van der Waals surface area contributed by atoms with Crippen LogP contribution in [0.15, 0.2) is 0 Å². The van der Waals surface area contributed by atoms with Crippen molar-refractivity contribution < 1.29 is 24.5 Å². The minimum absolute atomic E-state index is 0.0522. The van der Waals surface area contributed by atoms with E-state index in [0.29, 0.717) is 0 Å². The largest absolute Gasteiger partial charge is 0.465 e. The van der Waals surface area contributed by atoms with E-state index < -0.39 is 23.6 Å². The predicted molar refractivity (Wildman–Crippen MR) is 44.5 cm³/mol. The van der Waals surface area contributed by atoms with Gasteiger partial charge >= 0.3 is 6.09 Å². The Bertz CT molecular complexity index is 248. The standard InChI is InChI=1S/C7H12N2O5/c8-5(11)4(10)7(9-6(12)13)1-2-14-3-7/h4,9-10H,1-3H2,(H2,8,11)(H,12,13). The SMILES string of the molecule is NC(=O)C(O)C1(NC(=O)O)CCOC1. The minimum Gasteiger partial charge on any atom is -0.465 e. The Morgan fingerprint density at radius 3 is 2.57 bits per heavy atom. The van der Waals surface area contributed by atoms with Crippen molar-refractivity contribution in [3.63, 3.8) is 0 Å². The Morgan fingerprint density at radius 2 is 2.21 bits per heavy atom. The van der Waals surface area contributed by atoms with Crippen LogP contribution in [0.4, 0.5) is 4.79 Å². The lowest BCUT2D eigenvalue weighted by atomic mass is 9.91. The van der Waals surface area contributed by atoms with E-state index in [1.165, 1.54) is 0 Å². The second-order valence-electron chi connectivity index (χ2n) is 3.19. The molecule has 1 fully saturated rings. The first-order chi connectivity index (χ1) is 6.48. The monoisotopic (exact) mass is 204 g/mol. The lowest BCUT2D eigenvalue weighted by Crippen LogP contribution is -2.61. The molecule has 80 valence electrons. The van der Waals surface area contributed by atoms with Gasteiger partial charge in [0, 0.05) is 6.61 Å². The van der Waals surface area contributed by atoms with Gasteiger partial charge in [0.05, 0.1) is 6.61 Å². The summed E-state index contributed by atoms with van der Waals surface area (Å²) in [6.45, 7) is 0.230. The van der Waals surface area contributed by atoms with Crippen LogP contribution in [0.1, 0.15) is 6.42 Å². The van der Waals surface area contributed by atoms with Crippen LogP contribution in [0.2, 0.25) is 0 Å². The normalized spacial score (nSPS) is 28.4. The fourth-order valence-corrected chi connectivity index (χ4v) is 1.45. The Hall–Kier alpha value is -1.34. The van der Waals surface area contributed by atoms with Crippen LogP contribution in [-0.2, 0) is 9.53 Å². The Morgan fingerprint density at radius 1 is 1.57 bits per heavy atom. The van der Waals surface area contributed by atoms with Crippen LogP contribution in [-0.4, -0.2) is 47.1 Å². The average Bonchev–Trinajstić information content (AvgIpc) is 2.51. The maximum absolute atomic E-state index is 10.8. The van der Waals surface area contributed by atoms with Crippen molar-refractivity contribution in [1.29, 1.82) is 0 Å². The number of carboxylic acid groups (broad SMARTS) is 1. The summed E-state index contributed by atoms with van der Waals surface area (Å²) >= 11 is 0. The molecule has 0 spiro atoms. The van der Waals surface area contributed by atoms with Crippen LogP contribution >= 0.6 is 0 Å². The first-order valence-corrected chi connectivity index (χ1v) is 4.04. The van der Waals surface area contributed by atoms with E-state index in [2.05, 4.69) is 5.32 Å². The van der Waals surface area contributed by atoms with Crippen LogP contribution < -0.4 is 11.1 Å². The van der Waals surface area contributed by atoms with E-state index in [1.54, 1.807) is 0 Å². The highest BCUT2D eigenvalue weighted by molar-refractivity contribution is 5.81. The van der Waals surface area contributed by atoms with Crippen LogP contribution in [0, 0.1) is 0 Å². The molecule has 0 bridgehead atoms. The van der Waals surface area contributed by atoms with Crippen molar-refractivity contribution in [2.75, 3.05) is 13.2 Å². The number of rotatable bonds is 3. The quantitative estimate of drug-likeness (QED) is 0.434. The maximum Gasteiger partial charge on any atom is 0.405 e. The highest BCUT2D eigenvalue weighted by atomic mass is 16.5. The summed E-state index contributed by atoms with van der Waals surface area (Å²) in [6.07, 6.45) is -2.67. The molecule has 5 N–H and O–H groups in total. The number of amides is 2. The third-order valence-electron chi connectivity index (χ3n) is 2.20. The molecule has 1 aliphatic heterocycles. The highest BCUT2D eigenvalue weighted by Crippen LogP contribution is 2.22. The molecule has 0 aromatic carbocycles. The summed E-state index contributed by atoms with van der Waals surface area (Å²) in [6, 6.07) is 0. The van der Waals surface area contributed by atoms with Gasteiger partial charge in [-0.1, -0.05) is 0 Å². The molecule has 14 heavy (non-hydrogen) atoms. The van der Waals surface area contributed by atoms with Crippen molar-refractivity contribution in [3.05, 3.63) is 0 Å². The number of carbonyl (C=O) groups excluding carboxylic acids is 1. The number of ether oxygens (including phenoxy) is 1. The fourth-order valence-electron chi connectivity index (χ4n) is 1.45. The molecule has 0 radical (unpaired) electrons. The Kier molecular flexibility index (Phi) is 2.92. The molecule has 7 nitrogen and oxygen atoms in total. The Balaban J connectivity index is 2.80. The number of aliphatic hydroxyl groups excluding tert-OH is 1. The number of aliphatic hydroxyl groups is 1. The Labute approximate surface area is 79.8 Å². The molecule has 0 aromatic heterocycles. The van der Waals surface area contributed by atoms with Gasteiger partial charge in [0.25, 0.3) is 0 Å². The van der Waals surface area contributed by atoms with E-state index in [0.717, 1.165) is 0 Å². The number of nitrogens with one attached hydrogen (secondary N) is 1. The van der Waals surface area contributed by atoms with Gasteiger partial charge < -0.3 is 26.0 Å². The molecule has 7 heteroatoms. The zero-order valence-electron chi connectivity index (χ0n) is 7.40. The molecule has 1 aliphatic rings. The molecule has 2 unspecified atom stereocenters. The van der Waals surface area contributed by atoms with Gasteiger partial charge in [-0.15, -0.1) is 0 Å². The summed E-state index contributed by atoms with van der Waals surface area (Å²) in [5.74, 6) is -0.968. The molecule has 0 aliphatic carbocycles. The van der Waals surface area contributed by atoms with Gasteiger partial charge in [-0.3, -0.25) is 4.79 Å². The van der Waals surface area contributed by atoms with Gasteiger partial charge in [0.2, 0.25) is 5.91 Å². The summed E-state index contributed by atoms with van der Waals surface area (Å²) in [5.41, 5.74) is 3.61. The summed E-state index contributed by atoms with van der Waals surface area (Å²) < 4.78 is 4.94. The third kappa shape index (κ3) is 1.94. The molecule has 2 amide bonds. The first-order valence-electron chi connectivity index (χ1n) is 4.04. The van der Waals surface area contributed by atoms with Crippen molar-refractivity contribution in [1.82, 2.24) is 5.32 Å². The predicted octanol–water partition coefficient (Wildman–Crippen LogP) is -1.74. The lowest BCUT2D eigenvalue weighted by molar-refractivity contribution is -0.130. The van der Waals surface area contributed by atoms with Crippen molar-refractivity contribution in [3.8, 4) is 0 Å². The van der Waals surface area contributed by atoms with Crippen LogP contribution in [0.5, 0.6) is 0 Å². The second-order valence-corrected chi connectivity index (χ2v) is 3.19. The molecule has 1 heterocycles. The molecule has 1 rings (SSSR count). The van der Waals surface area contributed by atoms with E-state index in [-0.39, 0.29) is 19.6 Å². The first kappa shape index (κ1) is 10.7. The van der Waals surface area contributed by atoms with Gasteiger partial charge in [0.15, 0.2) is 6.10 Å². The third-order valence-corrected chi connectivity index (χ3v) is 2.20. The fraction of sp³-hybridized carbons (Fsp3) is 0.714. The second kappa shape index (κ2) is 3.81. The van der Waals surface area contributed by atoms with Crippen LogP contribution in [0.25, 0.3) is 0 Å². The molecule has 1 saturated heterocycles. The molecule has 0 aromatic rings. The minimum atomic E-state index is -1.57. The van der Waals surface area contributed by atoms with Gasteiger partial charge in [-0.05, 0) is 6.42 Å². The summed E-state index contributed by atoms with van der Waals surface area (Å²) in [5, 5.41) is 20.1. The van der Waals surface area contributed by atoms with Crippen molar-refractivity contribution in [2.24, 2.45) is 5.73 Å². The number of carbonyl (C=O) groups is 2. The van der Waals surface area contributed by atoms with E-state index in [4.69, 9.17) is 15.6 Å². The zero-order valence-corrected chi connectivity index (χ0v) is 7.40. The molecular weight excluding hydrogens is 192 g/mol. The molecular formula is C7H12N2O5. The van der Waals surface area contributed by atoms with Crippen LogP contribution in [0.3, 0.4) is 0 Å². The van der Waals surface area contributed by atoms with Crippen molar-refractivity contribution in [2.45, 2.75) is 18.1 Å². The number of hydrogen-bond acceptors (Lipinski definition) is 4. The van der Waals surface area contributed by atoms with Gasteiger partial charge in [-0.2, -0.15) is 0 Å². The molecule has 0 saturated carbocycles. The van der Waals surface area contributed by atoms with E-state index in [1.807, 2.05) is 0 Å². The average molecular weight is 204 g/mol. The van der Waals surface area contributed by atoms with E-state index in [9.17, 15) is 14.7 Å². The smallest absolute Gasteiger partial charge is 0.405 e. The number of nitrogens with two attached hydrogens (primary N) is 1. The maximum atomic E-state index is 10.8. The van der Waals surface area contributed by atoms with Crippen molar-refractivity contribution >= 4 is 12.0 Å². The summed E-state index contributed by atoms with van der Waals surface area (Å²) in [7, 11) is 0. The van der Waals surface area contributed by atoms with Gasteiger partial charge in [0.1, 0.15) is 5.54 Å².